The summed E-state index contributed by atoms with van der Waals surface area (Å²) >= 11 is 0. The highest BCUT2D eigenvalue weighted by atomic mass is 19.1. The molecule has 0 spiro atoms. The predicted octanol–water partition coefficient (Wildman–Crippen LogP) is 1.13. The standard InChI is InChI=1S/C14H15FN6/c1-9-6-10(15)12-11(7-9)21-8-17-19-14(21)13(18-12)20-4-2-16-3-5-20/h6-8,16H,2-5H2,1H3. The summed E-state index contributed by atoms with van der Waals surface area (Å²) in [6.07, 6.45) is 1.62. The molecule has 1 aromatic carbocycles. The van der Waals surface area contributed by atoms with Crippen molar-refractivity contribution in [1.82, 2.24) is 24.9 Å². The Morgan fingerprint density at radius 1 is 1.24 bits per heavy atom. The van der Waals surface area contributed by atoms with Crippen LogP contribution in [0.5, 0.6) is 0 Å². The monoisotopic (exact) mass is 286 g/mol. The van der Waals surface area contributed by atoms with Gasteiger partial charge in [0.15, 0.2) is 11.6 Å². The Hall–Kier alpha value is -2.28. The average molecular weight is 286 g/mol. The zero-order chi connectivity index (χ0) is 14.4. The zero-order valence-electron chi connectivity index (χ0n) is 11.7. The summed E-state index contributed by atoms with van der Waals surface area (Å²) in [5.41, 5.74) is 2.59. The number of rotatable bonds is 1. The Balaban J connectivity index is 2.03. The van der Waals surface area contributed by atoms with E-state index < -0.39 is 0 Å². The van der Waals surface area contributed by atoms with E-state index in [-0.39, 0.29) is 5.82 Å². The van der Waals surface area contributed by atoms with Crippen LogP contribution in [-0.2, 0) is 0 Å². The van der Waals surface area contributed by atoms with Gasteiger partial charge in [-0.3, -0.25) is 4.40 Å². The molecule has 0 radical (unpaired) electrons. The van der Waals surface area contributed by atoms with Gasteiger partial charge in [-0.2, -0.15) is 0 Å². The lowest BCUT2D eigenvalue weighted by atomic mass is 10.2. The predicted molar refractivity (Wildman–Crippen MR) is 78.1 cm³/mol. The van der Waals surface area contributed by atoms with Gasteiger partial charge < -0.3 is 10.2 Å². The largest absolute Gasteiger partial charge is 0.351 e. The van der Waals surface area contributed by atoms with Gasteiger partial charge in [0.1, 0.15) is 11.8 Å². The van der Waals surface area contributed by atoms with Crippen molar-refractivity contribution in [3.63, 3.8) is 0 Å². The minimum atomic E-state index is -0.308. The van der Waals surface area contributed by atoms with Crippen LogP contribution >= 0.6 is 0 Å². The third-order valence-electron chi connectivity index (χ3n) is 3.83. The molecule has 3 aromatic rings. The van der Waals surface area contributed by atoms with Crippen LogP contribution in [0.3, 0.4) is 0 Å². The van der Waals surface area contributed by atoms with Crippen molar-refractivity contribution in [2.45, 2.75) is 6.92 Å². The van der Waals surface area contributed by atoms with Crippen molar-refractivity contribution in [3.05, 3.63) is 29.8 Å². The molecule has 1 aliphatic heterocycles. The second-order valence-corrected chi connectivity index (χ2v) is 5.31. The summed E-state index contributed by atoms with van der Waals surface area (Å²) in [6.45, 7) is 5.29. The molecule has 0 bridgehead atoms. The van der Waals surface area contributed by atoms with E-state index in [1.165, 1.54) is 6.07 Å². The molecule has 1 saturated heterocycles. The molecule has 1 N–H and O–H groups in total. The van der Waals surface area contributed by atoms with E-state index in [0.717, 1.165) is 31.7 Å². The summed E-state index contributed by atoms with van der Waals surface area (Å²) < 4.78 is 16.1. The minimum Gasteiger partial charge on any atom is -0.351 e. The molecule has 6 nitrogen and oxygen atoms in total. The van der Waals surface area contributed by atoms with Crippen LogP contribution in [0.4, 0.5) is 10.2 Å². The quantitative estimate of drug-likeness (QED) is 0.727. The first-order valence-corrected chi connectivity index (χ1v) is 6.99. The molecular formula is C14H15FN6. The van der Waals surface area contributed by atoms with Crippen LogP contribution in [0.2, 0.25) is 0 Å². The van der Waals surface area contributed by atoms with E-state index in [2.05, 4.69) is 25.4 Å². The molecule has 21 heavy (non-hydrogen) atoms. The van der Waals surface area contributed by atoms with E-state index in [9.17, 15) is 4.39 Å². The fourth-order valence-electron chi connectivity index (χ4n) is 2.82. The zero-order valence-corrected chi connectivity index (χ0v) is 11.7. The minimum absolute atomic E-state index is 0.308. The molecule has 7 heteroatoms. The molecule has 0 atom stereocenters. The maximum atomic E-state index is 14.3. The summed E-state index contributed by atoms with van der Waals surface area (Å²) in [7, 11) is 0. The normalized spacial score (nSPS) is 16.0. The van der Waals surface area contributed by atoms with Crippen LogP contribution in [0, 0.1) is 12.7 Å². The fourth-order valence-corrected chi connectivity index (χ4v) is 2.82. The first-order chi connectivity index (χ1) is 10.2. The van der Waals surface area contributed by atoms with Gasteiger partial charge in [-0.1, -0.05) is 0 Å². The summed E-state index contributed by atoms with van der Waals surface area (Å²) in [4.78, 5) is 6.66. The lowest BCUT2D eigenvalue weighted by Gasteiger charge is -2.28. The molecule has 3 heterocycles. The Kier molecular flexibility index (Phi) is 2.75. The highest BCUT2D eigenvalue weighted by Gasteiger charge is 2.19. The second kappa shape index (κ2) is 4.63. The summed E-state index contributed by atoms with van der Waals surface area (Å²) in [5.74, 6) is 0.390. The Morgan fingerprint density at radius 3 is 2.86 bits per heavy atom. The van der Waals surface area contributed by atoms with Crippen molar-refractivity contribution in [2.75, 3.05) is 31.1 Å². The Labute approximate surface area is 120 Å². The van der Waals surface area contributed by atoms with Crippen LogP contribution in [0.15, 0.2) is 18.5 Å². The van der Waals surface area contributed by atoms with E-state index in [1.54, 1.807) is 6.33 Å². The summed E-state index contributed by atoms with van der Waals surface area (Å²) in [5, 5.41) is 11.4. The number of fused-ring (bicyclic) bond motifs is 3. The van der Waals surface area contributed by atoms with Gasteiger partial charge >= 0.3 is 0 Å². The van der Waals surface area contributed by atoms with Crippen molar-refractivity contribution in [2.24, 2.45) is 0 Å². The lowest BCUT2D eigenvalue weighted by molar-refractivity contribution is 0.585. The number of benzene rings is 1. The molecule has 108 valence electrons. The molecule has 1 fully saturated rings. The number of halogens is 1. The Morgan fingerprint density at radius 2 is 2.05 bits per heavy atom. The van der Waals surface area contributed by atoms with E-state index in [0.29, 0.717) is 22.5 Å². The second-order valence-electron chi connectivity index (χ2n) is 5.31. The number of piperazine rings is 1. The van der Waals surface area contributed by atoms with Gasteiger partial charge in [0.2, 0.25) is 5.65 Å². The highest BCUT2D eigenvalue weighted by molar-refractivity contribution is 5.84. The number of hydrogen-bond donors (Lipinski definition) is 1. The molecule has 0 aliphatic carbocycles. The number of anilines is 1. The molecule has 2 aromatic heterocycles. The van der Waals surface area contributed by atoms with Crippen molar-refractivity contribution in [3.8, 4) is 0 Å². The van der Waals surface area contributed by atoms with Gasteiger partial charge in [0.25, 0.3) is 0 Å². The number of nitrogens with one attached hydrogen (secondary N) is 1. The van der Waals surface area contributed by atoms with Gasteiger partial charge in [0.05, 0.1) is 5.52 Å². The topological polar surface area (TPSA) is 58.4 Å². The smallest absolute Gasteiger partial charge is 0.204 e. The van der Waals surface area contributed by atoms with Gasteiger partial charge in [-0.25, -0.2) is 9.37 Å². The first kappa shape index (κ1) is 12.5. The molecular weight excluding hydrogens is 271 g/mol. The van der Waals surface area contributed by atoms with Crippen LogP contribution in [0.25, 0.3) is 16.7 Å². The van der Waals surface area contributed by atoms with E-state index >= 15 is 0 Å². The number of aromatic nitrogens is 4. The molecule has 1 aliphatic rings. The SMILES string of the molecule is Cc1cc(F)c2nc(N3CCNCC3)c3nncn3c2c1. The third-order valence-corrected chi connectivity index (χ3v) is 3.83. The van der Waals surface area contributed by atoms with E-state index in [1.807, 2.05) is 17.4 Å². The van der Waals surface area contributed by atoms with Gasteiger partial charge in [0, 0.05) is 26.2 Å². The third kappa shape index (κ3) is 1.92. The van der Waals surface area contributed by atoms with Crippen molar-refractivity contribution in [1.29, 1.82) is 0 Å². The van der Waals surface area contributed by atoms with Crippen LogP contribution in [0.1, 0.15) is 5.56 Å². The molecule has 0 amide bonds. The Bertz CT molecular complexity index is 821. The highest BCUT2D eigenvalue weighted by Crippen LogP contribution is 2.25. The first-order valence-electron chi connectivity index (χ1n) is 6.99. The molecule has 4 rings (SSSR count). The number of aryl methyl sites for hydroxylation is 1. The maximum absolute atomic E-state index is 14.3. The summed E-state index contributed by atoms with van der Waals surface area (Å²) in [6, 6.07) is 3.41. The van der Waals surface area contributed by atoms with Crippen LogP contribution < -0.4 is 10.2 Å². The number of nitrogens with zero attached hydrogens (tertiary/aromatic N) is 5. The van der Waals surface area contributed by atoms with Gasteiger partial charge in [-0.15, -0.1) is 10.2 Å². The number of hydrogen-bond acceptors (Lipinski definition) is 5. The van der Waals surface area contributed by atoms with Crippen molar-refractivity contribution >= 4 is 22.5 Å². The van der Waals surface area contributed by atoms with Crippen LogP contribution in [-0.4, -0.2) is 45.8 Å². The van der Waals surface area contributed by atoms with Gasteiger partial charge in [-0.05, 0) is 24.6 Å². The lowest BCUT2D eigenvalue weighted by Crippen LogP contribution is -2.44. The fraction of sp³-hybridized carbons (Fsp3) is 0.357. The molecule has 0 unspecified atom stereocenters. The van der Waals surface area contributed by atoms with E-state index in [4.69, 9.17) is 0 Å². The average Bonchev–Trinajstić information content (AvgIpc) is 2.97. The maximum Gasteiger partial charge on any atom is 0.204 e. The molecule has 0 saturated carbocycles. The van der Waals surface area contributed by atoms with Crippen molar-refractivity contribution < 1.29 is 4.39 Å².